The summed E-state index contributed by atoms with van der Waals surface area (Å²) in [5, 5.41) is 0. The van der Waals surface area contributed by atoms with Crippen LogP contribution in [0.2, 0.25) is 0 Å². The van der Waals surface area contributed by atoms with Gasteiger partial charge in [-0.25, -0.2) is 9.37 Å². The van der Waals surface area contributed by atoms with E-state index in [1.807, 2.05) is 25.1 Å². The van der Waals surface area contributed by atoms with Crippen molar-refractivity contribution in [1.82, 2.24) is 4.98 Å². The van der Waals surface area contributed by atoms with E-state index in [-0.39, 0.29) is 12.4 Å². The highest BCUT2D eigenvalue weighted by Crippen LogP contribution is 2.16. The Morgan fingerprint density at radius 2 is 1.90 bits per heavy atom. The topological polar surface area (TPSA) is 22.1 Å². The number of pyridine rings is 1. The van der Waals surface area contributed by atoms with E-state index in [9.17, 15) is 4.39 Å². The van der Waals surface area contributed by atoms with Gasteiger partial charge in [0.2, 0.25) is 0 Å². The molecular formula is C17H16FNO. The molecule has 0 aliphatic heterocycles. The molecule has 20 heavy (non-hydrogen) atoms. The lowest BCUT2D eigenvalue weighted by Crippen LogP contribution is -1.96. The Balaban J connectivity index is 1.97. The van der Waals surface area contributed by atoms with Gasteiger partial charge in [-0.1, -0.05) is 12.0 Å². The molecule has 0 spiro atoms. The first kappa shape index (κ1) is 14.1. The van der Waals surface area contributed by atoms with Gasteiger partial charge in [0.05, 0.1) is 5.69 Å². The van der Waals surface area contributed by atoms with Crippen molar-refractivity contribution in [3.63, 3.8) is 0 Å². The number of rotatable bonds is 2. The Morgan fingerprint density at radius 1 is 1.10 bits per heavy atom. The molecule has 0 N–H and O–H groups in total. The minimum absolute atomic E-state index is 0.278. The molecule has 3 heteroatoms. The molecule has 1 aromatic heterocycles. The number of aryl methyl sites for hydroxylation is 3. The zero-order valence-electron chi connectivity index (χ0n) is 11.8. The van der Waals surface area contributed by atoms with Gasteiger partial charge in [-0.2, -0.15) is 0 Å². The fourth-order valence-electron chi connectivity index (χ4n) is 1.66. The summed E-state index contributed by atoms with van der Waals surface area (Å²) < 4.78 is 18.6. The van der Waals surface area contributed by atoms with Gasteiger partial charge in [-0.3, -0.25) is 0 Å². The molecule has 0 fully saturated rings. The number of hydrogen-bond donors (Lipinski definition) is 0. The number of ether oxygens (including phenoxy) is 1. The molecule has 102 valence electrons. The molecule has 2 aromatic rings. The lowest BCUT2D eigenvalue weighted by molar-refractivity contribution is 0.370. The van der Waals surface area contributed by atoms with Crippen LogP contribution in [0.15, 0.2) is 30.3 Å². The third kappa shape index (κ3) is 3.58. The molecule has 1 heterocycles. The number of benzene rings is 1. The Morgan fingerprint density at radius 3 is 2.60 bits per heavy atom. The van der Waals surface area contributed by atoms with Crippen LogP contribution in [0.3, 0.4) is 0 Å². The van der Waals surface area contributed by atoms with E-state index in [2.05, 4.69) is 23.7 Å². The highest BCUT2D eigenvalue weighted by Gasteiger charge is 1.98. The van der Waals surface area contributed by atoms with Crippen LogP contribution < -0.4 is 4.74 Å². The summed E-state index contributed by atoms with van der Waals surface area (Å²) in [6.07, 6.45) is 0. The van der Waals surface area contributed by atoms with Crippen LogP contribution in [0, 0.1) is 38.4 Å². The van der Waals surface area contributed by atoms with Gasteiger partial charge < -0.3 is 4.74 Å². The zero-order valence-corrected chi connectivity index (χ0v) is 11.8. The second kappa shape index (κ2) is 6.21. The molecule has 2 nitrogen and oxygen atoms in total. The predicted molar refractivity (Wildman–Crippen MR) is 77.2 cm³/mol. The van der Waals surface area contributed by atoms with Crippen molar-refractivity contribution in [2.75, 3.05) is 6.61 Å². The van der Waals surface area contributed by atoms with Crippen LogP contribution in [0.5, 0.6) is 5.75 Å². The quantitative estimate of drug-likeness (QED) is 0.777. The van der Waals surface area contributed by atoms with E-state index in [1.165, 1.54) is 17.2 Å². The van der Waals surface area contributed by atoms with Crippen molar-refractivity contribution in [2.45, 2.75) is 20.8 Å². The van der Waals surface area contributed by atoms with Gasteiger partial charge in [0.1, 0.15) is 23.9 Å². The summed E-state index contributed by atoms with van der Waals surface area (Å²) >= 11 is 0. The maximum Gasteiger partial charge on any atom is 0.149 e. The van der Waals surface area contributed by atoms with Crippen molar-refractivity contribution in [1.29, 1.82) is 0 Å². The van der Waals surface area contributed by atoms with Crippen molar-refractivity contribution in [3.05, 3.63) is 58.7 Å². The molecule has 0 aliphatic carbocycles. The summed E-state index contributed by atoms with van der Waals surface area (Å²) in [5.74, 6) is 6.21. The third-order valence-corrected chi connectivity index (χ3v) is 3.03. The van der Waals surface area contributed by atoms with Crippen molar-refractivity contribution < 1.29 is 9.13 Å². The maximum absolute atomic E-state index is 13.0. The van der Waals surface area contributed by atoms with Gasteiger partial charge in [-0.15, -0.1) is 0 Å². The molecule has 0 radical (unpaired) electrons. The van der Waals surface area contributed by atoms with Crippen LogP contribution in [-0.4, -0.2) is 11.6 Å². The fourth-order valence-corrected chi connectivity index (χ4v) is 1.66. The molecule has 0 saturated heterocycles. The Bertz CT molecular complexity index is 683. The highest BCUT2D eigenvalue weighted by molar-refractivity contribution is 5.34. The van der Waals surface area contributed by atoms with Crippen molar-refractivity contribution in [2.24, 2.45) is 0 Å². The zero-order chi connectivity index (χ0) is 14.5. The van der Waals surface area contributed by atoms with E-state index in [4.69, 9.17) is 4.74 Å². The predicted octanol–water partition coefficient (Wildman–Crippen LogP) is 3.58. The minimum Gasteiger partial charge on any atom is -0.481 e. The summed E-state index contributed by atoms with van der Waals surface area (Å²) in [6.45, 7) is 5.99. The Labute approximate surface area is 118 Å². The van der Waals surface area contributed by atoms with Crippen LogP contribution >= 0.6 is 0 Å². The SMILES string of the molecule is Cc1ccc(OCC#Cc2ccc(F)c(C)n2)cc1C. The van der Waals surface area contributed by atoms with E-state index < -0.39 is 0 Å². The monoisotopic (exact) mass is 269 g/mol. The van der Waals surface area contributed by atoms with Gasteiger partial charge in [0.25, 0.3) is 0 Å². The van der Waals surface area contributed by atoms with Gasteiger partial charge in [0, 0.05) is 0 Å². The molecule has 0 atom stereocenters. The summed E-state index contributed by atoms with van der Waals surface area (Å²) in [7, 11) is 0. The summed E-state index contributed by atoms with van der Waals surface area (Å²) in [6, 6.07) is 8.85. The Hall–Kier alpha value is -2.34. The molecule has 2 rings (SSSR count). The van der Waals surface area contributed by atoms with E-state index in [1.54, 1.807) is 13.0 Å². The fraction of sp³-hybridized carbons (Fsp3) is 0.235. The number of nitrogens with zero attached hydrogens (tertiary/aromatic N) is 1. The van der Waals surface area contributed by atoms with Crippen LogP contribution in [0.4, 0.5) is 4.39 Å². The smallest absolute Gasteiger partial charge is 0.149 e. The largest absolute Gasteiger partial charge is 0.481 e. The first-order chi connectivity index (χ1) is 9.56. The Kier molecular flexibility index (Phi) is 4.37. The van der Waals surface area contributed by atoms with E-state index in [0.717, 1.165) is 5.75 Å². The molecule has 0 unspecified atom stereocenters. The van der Waals surface area contributed by atoms with Crippen LogP contribution in [-0.2, 0) is 0 Å². The van der Waals surface area contributed by atoms with Crippen molar-refractivity contribution >= 4 is 0 Å². The van der Waals surface area contributed by atoms with Crippen LogP contribution in [0.1, 0.15) is 22.5 Å². The molecule has 0 saturated carbocycles. The average Bonchev–Trinajstić information content (AvgIpc) is 2.42. The maximum atomic E-state index is 13.0. The summed E-state index contributed by atoms with van der Waals surface area (Å²) in [4.78, 5) is 4.04. The highest BCUT2D eigenvalue weighted by atomic mass is 19.1. The second-order valence-electron chi connectivity index (χ2n) is 4.60. The minimum atomic E-state index is -0.318. The number of hydrogen-bond acceptors (Lipinski definition) is 2. The second-order valence-corrected chi connectivity index (χ2v) is 4.60. The molecule has 0 aliphatic rings. The van der Waals surface area contributed by atoms with Gasteiger partial charge in [0.15, 0.2) is 0 Å². The van der Waals surface area contributed by atoms with E-state index in [0.29, 0.717) is 11.4 Å². The summed E-state index contributed by atoms with van der Waals surface area (Å²) in [5.41, 5.74) is 3.32. The number of halogens is 1. The molecular weight excluding hydrogens is 253 g/mol. The molecule has 1 aromatic carbocycles. The van der Waals surface area contributed by atoms with Crippen LogP contribution in [0.25, 0.3) is 0 Å². The first-order valence-corrected chi connectivity index (χ1v) is 6.38. The average molecular weight is 269 g/mol. The normalized spacial score (nSPS) is 9.80. The lowest BCUT2D eigenvalue weighted by atomic mass is 10.1. The lowest BCUT2D eigenvalue weighted by Gasteiger charge is -2.04. The first-order valence-electron chi connectivity index (χ1n) is 6.38. The molecule has 0 bridgehead atoms. The van der Waals surface area contributed by atoms with Crippen molar-refractivity contribution in [3.8, 4) is 17.6 Å². The molecule has 0 amide bonds. The van der Waals surface area contributed by atoms with Gasteiger partial charge >= 0.3 is 0 Å². The van der Waals surface area contributed by atoms with E-state index >= 15 is 0 Å². The third-order valence-electron chi connectivity index (χ3n) is 3.03. The number of aromatic nitrogens is 1. The standard InChI is InChI=1S/C17H16FNO/c1-12-6-8-16(11-13(12)2)20-10-4-5-15-7-9-17(18)14(3)19-15/h6-9,11H,10H2,1-3H3. The van der Waals surface area contributed by atoms with Gasteiger partial charge in [-0.05, 0) is 62.1 Å².